The van der Waals surface area contributed by atoms with Crippen LogP contribution in [-0.2, 0) is 30.3 Å². The molecule has 172 valence electrons. The van der Waals surface area contributed by atoms with Gasteiger partial charge in [-0.15, -0.1) is 0 Å². The van der Waals surface area contributed by atoms with Crippen LogP contribution in [-0.4, -0.2) is 54.7 Å². The van der Waals surface area contributed by atoms with Crippen LogP contribution in [0, 0.1) is 5.92 Å². The largest absolute Gasteiger partial charge is 0.467 e. The molecule has 0 radical (unpaired) electrons. The molecule has 1 rings (SSSR count). The molecule has 0 heterocycles. The number of hydrogen-bond acceptors (Lipinski definition) is 6. The molecular weight excluding hydrogens is 418 g/mol. The fraction of sp³-hybridized carbons (Fsp3) is 0.545. The highest BCUT2D eigenvalue weighted by Crippen LogP contribution is 2.19. The van der Waals surface area contributed by atoms with Crippen molar-refractivity contribution in [1.82, 2.24) is 16.0 Å². The number of thiol groups is 1. The molecule has 1 aromatic carbocycles. The van der Waals surface area contributed by atoms with Crippen LogP contribution in [0.4, 0.5) is 0 Å². The average molecular weight is 452 g/mol. The van der Waals surface area contributed by atoms with Gasteiger partial charge in [-0.2, -0.15) is 12.6 Å². The maximum absolute atomic E-state index is 13.3. The molecule has 0 aliphatic rings. The third-order valence-corrected chi connectivity index (χ3v) is 5.05. The molecule has 0 aliphatic carbocycles. The van der Waals surface area contributed by atoms with E-state index in [-0.39, 0.29) is 12.3 Å². The van der Waals surface area contributed by atoms with Crippen LogP contribution in [0.25, 0.3) is 0 Å². The minimum absolute atomic E-state index is 0.0732. The highest BCUT2D eigenvalue weighted by molar-refractivity contribution is 7.80. The molecule has 0 saturated carbocycles. The van der Waals surface area contributed by atoms with Crippen LogP contribution < -0.4 is 16.0 Å². The first-order valence-corrected chi connectivity index (χ1v) is 10.8. The van der Waals surface area contributed by atoms with Gasteiger partial charge in [0.1, 0.15) is 17.6 Å². The second-order valence-electron chi connectivity index (χ2n) is 8.01. The molecule has 8 nitrogen and oxygen atoms in total. The van der Waals surface area contributed by atoms with Crippen LogP contribution in [0.3, 0.4) is 0 Å². The highest BCUT2D eigenvalue weighted by atomic mass is 32.1. The summed E-state index contributed by atoms with van der Waals surface area (Å²) in [6, 6.07) is 7.53. The minimum atomic E-state index is -1.30. The van der Waals surface area contributed by atoms with Crippen LogP contribution in [0.5, 0.6) is 0 Å². The Balaban J connectivity index is 3.08. The lowest BCUT2D eigenvalue weighted by Gasteiger charge is -2.34. The maximum atomic E-state index is 13.3. The van der Waals surface area contributed by atoms with Gasteiger partial charge in [-0.1, -0.05) is 44.2 Å². The molecule has 31 heavy (non-hydrogen) atoms. The summed E-state index contributed by atoms with van der Waals surface area (Å²) in [5, 5.41) is 7.95. The molecule has 0 aromatic heterocycles. The first kappa shape index (κ1) is 26.5. The number of hydrogen-bond donors (Lipinski definition) is 4. The summed E-state index contributed by atoms with van der Waals surface area (Å²) in [6.45, 7) is 5.46. The van der Waals surface area contributed by atoms with Crippen molar-refractivity contribution >= 4 is 36.8 Å². The van der Waals surface area contributed by atoms with Gasteiger partial charge in [0, 0.05) is 6.42 Å². The molecular formula is C22H33N3O5S. The molecule has 0 fully saturated rings. The first-order valence-electron chi connectivity index (χ1n) is 10.2. The zero-order chi connectivity index (χ0) is 23.4. The van der Waals surface area contributed by atoms with Gasteiger partial charge in [0.2, 0.25) is 18.2 Å². The van der Waals surface area contributed by atoms with Crippen LogP contribution in [0.2, 0.25) is 0 Å². The smallest absolute Gasteiger partial charge is 0.328 e. The summed E-state index contributed by atoms with van der Waals surface area (Å²) >= 11 is 4.11. The number of carbonyl (C=O) groups is 4. The summed E-state index contributed by atoms with van der Waals surface area (Å²) in [5.74, 6) is -1.11. The standard InChI is InChI=1S/C22H33N3O5S/c1-15(2)13-22(3,25-19(27)17(10-11-31)23-14-26)21(29)24-18(20(28)30-4)12-16-8-6-5-7-9-16/h5-9,14-15,17-18,31H,10-13H2,1-4H3,(H,23,26)(H,24,29)(H,25,27)/t17-,18-,22+/m0/s1. The predicted octanol–water partition coefficient (Wildman–Crippen LogP) is 1.24. The van der Waals surface area contributed by atoms with Gasteiger partial charge in [0.05, 0.1) is 7.11 Å². The monoisotopic (exact) mass is 451 g/mol. The Morgan fingerprint density at radius 3 is 2.32 bits per heavy atom. The number of amides is 3. The quantitative estimate of drug-likeness (QED) is 0.205. The Morgan fingerprint density at radius 2 is 1.81 bits per heavy atom. The van der Waals surface area contributed by atoms with E-state index >= 15 is 0 Å². The zero-order valence-corrected chi connectivity index (χ0v) is 19.4. The lowest BCUT2D eigenvalue weighted by atomic mass is 9.88. The van der Waals surface area contributed by atoms with E-state index in [0.717, 1.165) is 5.56 Å². The summed E-state index contributed by atoms with van der Waals surface area (Å²) in [4.78, 5) is 49.2. The first-order chi connectivity index (χ1) is 14.7. The summed E-state index contributed by atoms with van der Waals surface area (Å²) < 4.78 is 4.86. The predicted molar refractivity (Wildman–Crippen MR) is 122 cm³/mol. The summed E-state index contributed by atoms with van der Waals surface area (Å²) in [5.41, 5.74) is -0.440. The molecule has 0 spiro atoms. The summed E-state index contributed by atoms with van der Waals surface area (Å²) in [6.07, 6.45) is 1.34. The van der Waals surface area contributed by atoms with Gasteiger partial charge in [-0.25, -0.2) is 4.79 Å². The highest BCUT2D eigenvalue weighted by Gasteiger charge is 2.39. The van der Waals surface area contributed by atoms with Gasteiger partial charge in [0.25, 0.3) is 0 Å². The molecule has 1 aromatic rings. The van der Waals surface area contributed by atoms with Gasteiger partial charge in [-0.3, -0.25) is 14.4 Å². The minimum Gasteiger partial charge on any atom is -0.467 e. The number of methoxy groups -OCH3 is 1. The summed E-state index contributed by atoms with van der Waals surface area (Å²) in [7, 11) is 1.26. The topological polar surface area (TPSA) is 114 Å². The number of rotatable bonds is 13. The van der Waals surface area contributed by atoms with Crippen molar-refractivity contribution in [2.24, 2.45) is 5.92 Å². The van der Waals surface area contributed by atoms with E-state index in [1.54, 1.807) is 6.92 Å². The van der Waals surface area contributed by atoms with Crippen molar-refractivity contribution < 1.29 is 23.9 Å². The second kappa shape index (κ2) is 13.0. The number of carbonyl (C=O) groups excluding carboxylic acids is 4. The Labute approximate surface area is 189 Å². The third-order valence-electron chi connectivity index (χ3n) is 4.79. The van der Waals surface area contributed by atoms with E-state index in [2.05, 4.69) is 28.6 Å². The van der Waals surface area contributed by atoms with Crippen LogP contribution in [0.1, 0.15) is 39.2 Å². The van der Waals surface area contributed by atoms with Gasteiger partial charge in [0.15, 0.2) is 0 Å². The van der Waals surface area contributed by atoms with Gasteiger partial charge in [-0.05, 0) is 37.0 Å². The molecule has 3 amide bonds. The zero-order valence-electron chi connectivity index (χ0n) is 18.5. The number of ether oxygens (including phenoxy) is 1. The average Bonchev–Trinajstić information content (AvgIpc) is 2.72. The fourth-order valence-electron chi connectivity index (χ4n) is 3.38. The number of nitrogens with one attached hydrogen (secondary N) is 3. The molecule has 3 atom stereocenters. The van der Waals surface area contributed by atoms with Crippen LogP contribution >= 0.6 is 12.6 Å². The van der Waals surface area contributed by atoms with E-state index in [1.807, 2.05) is 44.2 Å². The van der Waals surface area contributed by atoms with Crippen molar-refractivity contribution in [3.8, 4) is 0 Å². The van der Waals surface area contributed by atoms with Crippen molar-refractivity contribution in [2.45, 2.75) is 57.7 Å². The molecule has 0 aliphatic heterocycles. The Bertz CT molecular complexity index is 744. The second-order valence-corrected chi connectivity index (χ2v) is 8.45. The van der Waals surface area contributed by atoms with E-state index in [1.165, 1.54) is 7.11 Å². The van der Waals surface area contributed by atoms with E-state index in [0.29, 0.717) is 25.0 Å². The third kappa shape index (κ3) is 8.61. The van der Waals surface area contributed by atoms with Crippen molar-refractivity contribution in [3.05, 3.63) is 35.9 Å². The lowest BCUT2D eigenvalue weighted by Crippen LogP contribution is -2.62. The van der Waals surface area contributed by atoms with E-state index in [4.69, 9.17) is 4.74 Å². The number of esters is 1. The Kier molecular flexibility index (Phi) is 11.1. The molecule has 0 unspecified atom stereocenters. The van der Waals surface area contributed by atoms with Gasteiger partial charge >= 0.3 is 5.97 Å². The Hall–Kier alpha value is -2.55. The molecule has 0 saturated heterocycles. The molecule has 0 bridgehead atoms. The SMILES string of the molecule is COC(=O)[C@H](Cc1ccccc1)NC(=O)[C@@](C)(CC(C)C)NC(=O)[C@H](CCS)NC=O. The Morgan fingerprint density at radius 1 is 1.16 bits per heavy atom. The van der Waals surface area contributed by atoms with E-state index < -0.39 is 35.4 Å². The van der Waals surface area contributed by atoms with Crippen LogP contribution in [0.15, 0.2) is 30.3 Å². The normalized spacial score (nSPS) is 14.6. The van der Waals surface area contributed by atoms with Crippen molar-refractivity contribution in [3.63, 3.8) is 0 Å². The lowest BCUT2D eigenvalue weighted by molar-refractivity contribution is -0.146. The molecule has 3 N–H and O–H groups in total. The van der Waals surface area contributed by atoms with Crippen molar-refractivity contribution in [2.75, 3.05) is 12.9 Å². The maximum Gasteiger partial charge on any atom is 0.328 e. The number of benzene rings is 1. The van der Waals surface area contributed by atoms with E-state index in [9.17, 15) is 19.2 Å². The van der Waals surface area contributed by atoms with Crippen molar-refractivity contribution in [1.29, 1.82) is 0 Å². The van der Waals surface area contributed by atoms with Gasteiger partial charge < -0.3 is 20.7 Å². The fourth-order valence-corrected chi connectivity index (χ4v) is 3.64. The molecule has 9 heteroatoms.